The molecule has 0 saturated heterocycles. The molecular weight excluding hydrogens is 312 g/mol. The molecule has 6 nitrogen and oxygen atoms in total. The molecule has 3 rings (SSSR count). The van der Waals surface area contributed by atoms with E-state index >= 15 is 0 Å². The first kappa shape index (κ1) is 15.7. The molecule has 24 heavy (non-hydrogen) atoms. The molecule has 1 aromatic heterocycles. The van der Waals surface area contributed by atoms with Gasteiger partial charge in [-0.05, 0) is 31.9 Å². The molecule has 0 fully saturated rings. The number of benzene rings is 2. The normalized spacial score (nSPS) is 11.2. The van der Waals surface area contributed by atoms with Crippen molar-refractivity contribution in [3.63, 3.8) is 0 Å². The number of hydrogen-bond donors (Lipinski definition) is 4. The summed E-state index contributed by atoms with van der Waals surface area (Å²) in [6.45, 7) is 5.60. The molecule has 0 aliphatic carbocycles. The van der Waals surface area contributed by atoms with Crippen molar-refractivity contribution in [1.29, 1.82) is 0 Å². The van der Waals surface area contributed by atoms with Crippen molar-refractivity contribution >= 4 is 21.9 Å². The fourth-order valence-electron chi connectivity index (χ4n) is 2.64. The van der Waals surface area contributed by atoms with Crippen LogP contribution in [0, 0.1) is 0 Å². The number of allylic oxidation sites excluding steroid dienone is 1. The molecule has 3 aromatic rings. The van der Waals surface area contributed by atoms with Gasteiger partial charge in [-0.1, -0.05) is 5.57 Å². The number of phenols is 4. The average Bonchev–Trinajstić information content (AvgIpc) is 2.50. The minimum absolute atomic E-state index is 0.0182. The number of hydrogen-bond acceptors (Lipinski definition) is 6. The molecule has 0 aliphatic heterocycles. The smallest absolute Gasteiger partial charge is 0.204 e. The van der Waals surface area contributed by atoms with Crippen LogP contribution in [0.1, 0.15) is 18.9 Å². The molecule has 1 heterocycles. The Hall–Kier alpha value is -3.15. The molecule has 0 bridgehead atoms. The van der Waals surface area contributed by atoms with Crippen LogP contribution in [-0.4, -0.2) is 20.4 Å². The lowest BCUT2D eigenvalue weighted by Gasteiger charge is -2.11. The van der Waals surface area contributed by atoms with E-state index in [4.69, 9.17) is 4.42 Å². The van der Waals surface area contributed by atoms with Gasteiger partial charge in [0.25, 0.3) is 0 Å². The molecule has 0 atom stereocenters. The van der Waals surface area contributed by atoms with Gasteiger partial charge in [0.2, 0.25) is 11.2 Å². The van der Waals surface area contributed by atoms with E-state index < -0.39 is 16.9 Å². The maximum absolute atomic E-state index is 12.7. The number of fused-ring (bicyclic) bond motifs is 2. The maximum Gasteiger partial charge on any atom is 0.204 e. The van der Waals surface area contributed by atoms with Crippen LogP contribution in [0.5, 0.6) is 23.0 Å². The maximum atomic E-state index is 12.7. The Morgan fingerprint density at radius 2 is 1.83 bits per heavy atom. The number of phenolic OH excluding ortho intramolecular Hbond substituents is 4. The predicted molar refractivity (Wildman–Crippen MR) is 89.8 cm³/mol. The zero-order valence-corrected chi connectivity index (χ0v) is 13.0. The summed E-state index contributed by atoms with van der Waals surface area (Å²) < 4.78 is 5.43. The van der Waals surface area contributed by atoms with E-state index in [0.29, 0.717) is 12.8 Å². The Kier molecular flexibility index (Phi) is 3.60. The Morgan fingerprint density at radius 1 is 1.12 bits per heavy atom. The second kappa shape index (κ2) is 5.49. The molecule has 2 aromatic carbocycles. The molecule has 0 amide bonds. The number of aromatic hydroxyl groups is 4. The minimum Gasteiger partial charge on any atom is -0.507 e. The van der Waals surface area contributed by atoms with Gasteiger partial charge in [0.1, 0.15) is 22.5 Å². The lowest BCUT2D eigenvalue weighted by Crippen LogP contribution is -2.04. The van der Waals surface area contributed by atoms with E-state index in [0.717, 1.165) is 5.57 Å². The predicted octanol–water partition coefficient (Wildman–Crippen LogP) is 3.28. The van der Waals surface area contributed by atoms with Gasteiger partial charge in [0, 0.05) is 11.6 Å². The summed E-state index contributed by atoms with van der Waals surface area (Å²) >= 11 is 0. The van der Waals surface area contributed by atoms with Crippen LogP contribution in [0.2, 0.25) is 0 Å². The fourth-order valence-corrected chi connectivity index (χ4v) is 2.64. The van der Waals surface area contributed by atoms with E-state index in [1.807, 2.05) is 6.92 Å². The third-order valence-corrected chi connectivity index (χ3v) is 3.94. The van der Waals surface area contributed by atoms with Crippen LogP contribution in [0.3, 0.4) is 0 Å². The molecule has 124 valence electrons. The third kappa shape index (κ3) is 2.32. The van der Waals surface area contributed by atoms with Gasteiger partial charge in [-0.3, -0.25) is 4.79 Å². The fraction of sp³-hybridized carbons (Fsp3) is 0.167. The third-order valence-electron chi connectivity index (χ3n) is 3.94. The van der Waals surface area contributed by atoms with Gasteiger partial charge >= 0.3 is 0 Å². The van der Waals surface area contributed by atoms with E-state index in [2.05, 4.69) is 6.58 Å². The van der Waals surface area contributed by atoms with Crippen molar-refractivity contribution in [2.45, 2.75) is 19.8 Å². The summed E-state index contributed by atoms with van der Waals surface area (Å²) in [5.74, 6) is -1.58. The zero-order chi connectivity index (χ0) is 17.6. The van der Waals surface area contributed by atoms with E-state index in [9.17, 15) is 25.2 Å². The van der Waals surface area contributed by atoms with Crippen molar-refractivity contribution in [3.05, 3.63) is 46.1 Å². The second-order valence-corrected chi connectivity index (χ2v) is 5.79. The SMILES string of the molecule is C=C(C)CCc1c(O)cc2oc3c(O)c(O)ccc3c(=O)c2c1O. The van der Waals surface area contributed by atoms with Gasteiger partial charge in [-0.2, -0.15) is 0 Å². The summed E-state index contributed by atoms with van der Waals surface area (Å²) in [6.07, 6.45) is 0.863. The van der Waals surface area contributed by atoms with Crippen molar-refractivity contribution in [1.82, 2.24) is 0 Å². The molecule has 0 aliphatic rings. The molecule has 4 N–H and O–H groups in total. The van der Waals surface area contributed by atoms with Crippen molar-refractivity contribution in [2.24, 2.45) is 0 Å². The van der Waals surface area contributed by atoms with Gasteiger partial charge in [0.15, 0.2) is 11.3 Å². The first-order chi connectivity index (χ1) is 11.3. The van der Waals surface area contributed by atoms with Crippen LogP contribution in [0.25, 0.3) is 21.9 Å². The highest BCUT2D eigenvalue weighted by Gasteiger charge is 2.20. The second-order valence-electron chi connectivity index (χ2n) is 5.79. The minimum atomic E-state index is -0.572. The van der Waals surface area contributed by atoms with Gasteiger partial charge in [-0.25, -0.2) is 0 Å². The van der Waals surface area contributed by atoms with E-state index in [1.165, 1.54) is 18.2 Å². The van der Waals surface area contributed by atoms with E-state index in [-0.39, 0.29) is 39.0 Å². The van der Waals surface area contributed by atoms with Crippen LogP contribution < -0.4 is 5.43 Å². The Balaban J connectivity index is 2.38. The van der Waals surface area contributed by atoms with Gasteiger partial charge < -0.3 is 24.8 Å². The highest BCUT2D eigenvalue weighted by atomic mass is 16.4. The highest BCUT2D eigenvalue weighted by Crippen LogP contribution is 2.39. The summed E-state index contributed by atoms with van der Waals surface area (Å²) in [5, 5.41) is 39.9. The first-order valence-corrected chi connectivity index (χ1v) is 7.31. The van der Waals surface area contributed by atoms with E-state index in [1.54, 1.807) is 0 Å². The van der Waals surface area contributed by atoms with Crippen LogP contribution >= 0.6 is 0 Å². The van der Waals surface area contributed by atoms with Gasteiger partial charge in [-0.15, -0.1) is 6.58 Å². The van der Waals surface area contributed by atoms with Crippen molar-refractivity contribution in [2.75, 3.05) is 0 Å². The highest BCUT2D eigenvalue weighted by molar-refractivity contribution is 5.97. The quantitative estimate of drug-likeness (QED) is 0.333. The topological polar surface area (TPSA) is 111 Å². The molecule has 0 spiro atoms. The summed E-state index contributed by atoms with van der Waals surface area (Å²) in [5.41, 5.74) is 0.263. The summed E-state index contributed by atoms with van der Waals surface area (Å²) in [4.78, 5) is 12.7. The Bertz CT molecular complexity index is 1050. The molecule has 0 unspecified atom stereocenters. The van der Waals surface area contributed by atoms with Crippen molar-refractivity contribution < 1.29 is 24.8 Å². The zero-order valence-electron chi connectivity index (χ0n) is 13.0. The van der Waals surface area contributed by atoms with Crippen LogP contribution in [0.4, 0.5) is 0 Å². The number of rotatable bonds is 3. The first-order valence-electron chi connectivity index (χ1n) is 7.31. The Labute approximate surface area is 136 Å². The molecule has 6 heteroatoms. The molecule has 0 radical (unpaired) electrons. The average molecular weight is 328 g/mol. The lowest BCUT2D eigenvalue weighted by atomic mass is 10.0. The van der Waals surface area contributed by atoms with Crippen LogP contribution in [-0.2, 0) is 6.42 Å². The Morgan fingerprint density at radius 3 is 2.50 bits per heavy atom. The summed E-state index contributed by atoms with van der Waals surface area (Å²) in [7, 11) is 0. The van der Waals surface area contributed by atoms with Crippen molar-refractivity contribution in [3.8, 4) is 23.0 Å². The molecule has 0 saturated carbocycles. The molecular formula is C18H16O6. The standard InChI is InChI=1S/C18H16O6/c1-8(2)3-4-9-12(20)7-13-14(15(9)21)16(22)10-5-6-11(19)17(23)18(10)24-13/h5-7,19-21,23H,1,3-4H2,2H3. The summed E-state index contributed by atoms with van der Waals surface area (Å²) in [6, 6.07) is 3.68. The van der Waals surface area contributed by atoms with Gasteiger partial charge in [0.05, 0.1) is 5.39 Å². The lowest BCUT2D eigenvalue weighted by molar-refractivity contribution is 0.401. The monoisotopic (exact) mass is 328 g/mol. The largest absolute Gasteiger partial charge is 0.507 e. The van der Waals surface area contributed by atoms with Crippen LogP contribution in [0.15, 0.2) is 39.6 Å².